The van der Waals surface area contributed by atoms with Crippen molar-refractivity contribution in [1.29, 1.82) is 0 Å². The molecule has 0 atom stereocenters. The molecule has 33 heavy (non-hydrogen) atoms. The molecule has 1 aliphatic heterocycles. The van der Waals surface area contributed by atoms with Crippen LogP contribution in [0.3, 0.4) is 0 Å². The first-order valence-electron chi connectivity index (χ1n) is 10.8. The Labute approximate surface area is 194 Å². The first-order valence-corrected chi connectivity index (χ1v) is 11.6. The van der Waals surface area contributed by atoms with Crippen molar-refractivity contribution >= 4 is 37.4 Å². The highest BCUT2D eigenvalue weighted by atomic mass is 32.1. The zero-order valence-electron chi connectivity index (χ0n) is 17.7. The summed E-state index contributed by atoms with van der Waals surface area (Å²) in [6.07, 6.45) is 1.61. The van der Waals surface area contributed by atoms with Crippen molar-refractivity contribution in [3.8, 4) is 22.6 Å². The van der Waals surface area contributed by atoms with Crippen molar-refractivity contribution in [3.63, 3.8) is 0 Å². The van der Waals surface area contributed by atoms with Gasteiger partial charge in [-0.15, -0.1) is 11.3 Å². The average Bonchev–Trinajstić information content (AvgIpc) is 3.08. The topological polar surface area (TPSA) is 62.7 Å². The highest BCUT2D eigenvalue weighted by Gasteiger charge is 2.24. The molecule has 0 fully saturated rings. The van der Waals surface area contributed by atoms with Gasteiger partial charge in [0.25, 0.3) is 5.91 Å². The molecular formula is C27H20N2O3S. The minimum absolute atomic E-state index is 0.0879. The zero-order chi connectivity index (χ0) is 22.4. The number of hydrogen-bond donors (Lipinski definition) is 1. The standard InChI is InChI=1S/C27H20N2O3S/c30-23-15-18(17-8-9-25-21(14-17)20-5-1-2-7-24(20)33-25)13-19-16-29(11-12-32-26(19)23)27(31)22-6-3-4-10-28-22/h1-10,13-15,30H,11-12,16H2. The summed E-state index contributed by atoms with van der Waals surface area (Å²) >= 11 is 1.78. The summed E-state index contributed by atoms with van der Waals surface area (Å²) in [7, 11) is 0. The number of ether oxygens (including phenoxy) is 1. The lowest BCUT2D eigenvalue weighted by Crippen LogP contribution is -2.32. The molecule has 5 nitrogen and oxygen atoms in total. The van der Waals surface area contributed by atoms with E-state index in [2.05, 4.69) is 47.4 Å². The highest BCUT2D eigenvalue weighted by molar-refractivity contribution is 7.25. The van der Waals surface area contributed by atoms with Crippen LogP contribution in [0.5, 0.6) is 11.5 Å². The van der Waals surface area contributed by atoms with Crippen LogP contribution >= 0.6 is 11.3 Å². The molecule has 0 radical (unpaired) electrons. The summed E-state index contributed by atoms with van der Waals surface area (Å²) < 4.78 is 8.33. The molecule has 0 spiro atoms. The fourth-order valence-electron chi connectivity index (χ4n) is 4.40. The van der Waals surface area contributed by atoms with Crippen LogP contribution in [0.2, 0.25) is 0 Å². The molecule has 0 saturated heterocycles. The van der Waals surface area contributed by atoms with E-state index in [1.807, 2.05) is 6.07 Å². The first kappa shape index (κ1) is 19.8. The van der Waals surface area contributed by atoms with Gasteiger partial charge in [-0.2, -0.15) is 0 Å². The third kappa shape index (κ3) is 3.49. The van der Waals surface area contributed by atoms with Gasteiger partial charge in [0, 0.05) is 38.5 Å². The van der Waals surface area contributed by atoms with Crippen LogP contribution in [0.4, 0.5) is 0 Å². The summed E-state index contributed by atoms with van der Waals surface area (Å²) in [5, 5.41) is 13.2. The number of aromatic hydroxyl groups is 1. The number of amides is 1. The molecule has 0 saturated carbocycles. The maximum atomic E-state index is 13.0. The van der Waals surface area contributed by atoms with Crippen molar-refractivity contribution in [2.45, 2.75) is 6.54 Å². The van der Waals surface area contributed by atoms with E-state index in [1.54, 1.807) is 46.7 Å². The van der Waals surface area contributed by atoms with Crippen LogP contribution < -0.4 is 4.74 Å². The van der Waals surface area contributed by atoms with Gasteiger partial charge in [-0.25, -0.2) is 0 Å². The van der Waals surface area contributed by atoms with E-state index in [9.17, 15) is 9.90 Å². The van der Waals surface area contributed by atoms with Gasteiger partial charge >= 0.3 is 0 Å². The predicted molar refractivity (Wildman–Crippen MR) is 131 cm³/mol. The van der Waals surface area contributed by atoms with E-state index in [4.69, 9.17) is 4.74 Å². The average molecular weight is 453 g/mol. The Bertz CT molecular complexity index is 1510. The number of rotatable bonds is 2. The van der Waals surface area contributed by atoms with Crippen LogP contribution in [0, 0.1) is 0 Å². The monoisotopic (exact) mass is 452 g/mol. The number of fused-ring (bicyclic) bond motifs is 4. The normalized spacial score (nSPS) is 13.5. The second-order valence-corrected chi connectivity index (χ2v) is 9.17. The molecule has 1 N–H and O–H groups in total. The second-order valence-electron chi connectivity index (χ2n) is 8.08. The van der Waals surface area contributed by atoms with Gasteiger partial charge in [0.1, 0.15) is 12.3 Å². The molecule has 2 aromatic heterocycles. The van der Waals surface area contributed by atoms with E-state index in [-0.39, 0.29) is 11.7 Å². The van der Waals surface area contributed by atoms with Crippen molar-refractivity contribution in [2.75, 3.05) is 13.2 Å². The quantitative estimate of drug-likeness (QED) is 0.365. The van der Waals surface area contributed by atoms with E-state index in [0.717, 1.165) is 16.7 Å². The van der Waals surface area contributed by atoms with Gasteiger partial charge in [0.2, 0.25) is 0 Å². The van der Waals surface area contributed by atoms with Crippen molar-refractivity contribution < 1.29 is 14.6 Å². The third-order valence-electron chi connectivity index (χ3n) is 6.00. The van der Waals surface area contributed by atoms with Gasteiger partial charge in [-0.1, -0.05) is 30.3 Å². The van der Waals surface area contributed by atoms with Gasteiger partial charge in [0.05, 0.1) is 6.54 Å². The number of nitrogens with zero attached hydrogens (tertiary/aromatic N) is 2. The molecule has 3 aromatic carbocycles. The molecule has 3 heterocycles. The molecule has 6 rings (SSSR count). The molecule has 162 valence electrons. The molecule has 5 aromatic rings. The number of benzene rings is 3. The Hall–Kier alpha value is -3.90. The SMILES string of the molecule is O=C(c1ccccn1)N1CCOc2c(O)cc(-c3ccc4sc5ccccc5c4c3)cc2C1. The molecule has 0 bridgehead atoms. The van der Waals surface area contributed by atoms with Gasteiger partial charge < -0.3 is 14.7 Å². The minimum atomic E-state index is -0.150. The Morgan fingerprint density at radius 1 is 0.939 bits per heavy atom. The van der Waals surface area contributed by atoms with Crippen LogP contribution in [-0.4, -0.2) is 34.0 Å². The van der Waals surface area contributed by atoms with Crippen molar-refractivity contribution in [1.82, 2.24) is 9.88 Å². The Morgan fingerprint density at radius 3 is 2.67 bits per heavy atom. The van der Waals surface area contributed by atoms with E-state index in [1.165, 1.54) is 20.2 Å². The van der Waals surface area contributed by atoms with Crippen LogP contribution in [0.1, 0.15) is 16.1 Å². The first-order chi connectivity index (χ1) is 16.2. The van der Waals surface area contributed by atoms with Gasteiger partial charge in [0.15, 0.2) is 11.5 Å². The van der Waals surface area contributed by atoms with Gasteiger partial charge in [-0.3, -0.25) is 9.78 Å². The summed E-state index contributed by atoms with van der Waals surface area (Å²) in [5.41, 5.74) is 3.08. The second kappa shape index (κ2) is 7.90. The molecule has 0 unspecified atom stereocenters. The van der Waals surface area contributed by atoms with Gasteiger partial charge in [-0.05, 0) is 53.6 Å². The summed E-state index contributed by atoms with van der Waals surface area (Å²) in [6.45, 7) is 1.08. The lowest BCUT2D eigenvalue weighted by atomic mass is 9.99. The zero-order valence-corrected chi connectivity index (χ0v) is 18.5. The van der Waals surface area contributed by atoms with E-state index < -0.39 is 0 Å². The van der Waals surface area contributed by atoms with Crippen molar-refractivity contribution in [3.05, 3.63) is 90.3 Å². The van der Waals surface area contributed by atoms with Crippen molar-refractivity contribution in [2.24, 2.45) is 0 Å². The molecule has 0 aliphatic carbocycles. The Morgan fingerprint density at radius 2 is 1.79 bits per heavy atom. The predicted octanol–water partition coefficient (Wildman–Crippen LogP) is 5.86. The number of phenols is 1. The number of carbonyl (C=O) groups excluding carboxylic acids is 1. The largest absolute Gasteiger partial charge is 0.504 e. The number of aromatic nitrogens is 1. The Kier molecular flexibility index (Phi) is 4.73. The summed E-state index contributed by atoms with van der Waals surface area (Å²) in [4.78, 5) is 18.9. The van der Waals surface area contributed by atoms with Crippen LogP contribution in [0.15, 0.2) is 79.0 Å². The summed E-state index contributed by atoms with van der Waals surface area (Å²) in [6, 6.07) is 23.8. The summed E-state index contributed by atoms with van der Waals surface area (Å²) in [5.74, 6) is 0.380. The fourth-order valence-corrected chi connectivity index (χ4v) is 5.48. The number of thiophene rings is 1. The van der Waals surface area contributed by atoms with E-state index in [0.29, 0.717) is 31.1 Å². The molecule has 1 amide bonds. The maximum Gasteiger partial charge on any atom is 0.272 e. The Balaban J connectivity index is 1.40. The number of pyridine rings is 1. The highest BCUT2D eigenvalue weighted by Crippen LogP contribution is 2.40. The van der Waals surface area contributed by atoms with Crippen LogP contribution in [0.25, 0.3) is 31.3 Å². The maximum absolute atomic E-state index is 13.0. The third-order valence-corrected chi connectivity index (χ3v) is 7.15. The minimum Gasteiger partial charge on any atom is -0.504 e. The van der Waals surface area contributed by atoms with E-state index >= 15 is 0 Å². The fraction of sp³-hybridized carbons (Fsp3) is 0.111. The lowest BCUT2D eigenvalue weighted by Gasteiger charge is -2.19. The number of hydrogen-bond acceptors (Lipinski definition) is 5. The smallest absolute Gasteiger partial charge is 0.272 e. The number of phenolic OH excluding ortho intramolecular Hbond substituents is 1. The number of carbonyl (C=O) groups is 1. The lowest BCUT2D eigenvalue weighted by molar-refractivity contribution is 0.0727. The molecular weight excluding hydrogens is 432 g/mol. The van der Waals surface area contributed by atoms with Crippen LogP contribution in [-0.2, 0) is 6.54 Å². The molecule has 1 aliphatic rings. The molecule has 6 heteroatoms.